The molecular formula is C17H24OS. The molecule has 19 heavy (non-hydrogen) atoms. The minimum absolute atomic E-state index is 0.0147. The average molecular weight is 276 g/mol. The van der Waals surface area contributed by atoms with E-state index >= 15 is 0 Å². The number of hydrogen-bond donors (Lipinski definition) is 1. The van der Waals surface area contributed by atoms with E-state index in [4.69, 9.17) is 0 Å². The topological polar surface area (TPSA) is 20.2 Å². The second kappa shape index (κ2) is 6.32. The maximum absolute atomic E-state index is 9.84. The summed E-state index contributed by atoms with van der Waals surface area (Å²) in [5.74, 6) is 2.81. The van der Waals surface area contributed by atoms with E-state index in [-0.39, 0.29) is 6.10 Å². The molecule has 1 N–H and O–H groups in total. The molecule has 4 unspecified atom stereocenters. The Labute approximate surface area is 120 Å². The summed E-state index contributed by atoms with van der Waals surface area (Å²) in [7, 11) is 0. The molecule has 0 bridgehead atoms. The Bertz CT molecular complexity index is 392. The number of hydrogen-bond acceptors (Lipinski definition) is 2. The fraction of sp³-hybridized carbons (Fsp3) is 0.647. The molecule has 0 saturated heterocycles. The van der Waals surface area contributed by atoms with Gasteiger partial charge in [0.2, 0.25) is 0 Å². The predicted octanol–water partition coefficient (Wildman–Crippen LogP) is 4.25. The van der Waals surface area contributed by atoms with Crippen LogP contribution in [0.25, 0.3) is 0 Å². The van der Waals surface area contributed by atoms with Crippen molar-refractivity contribution in [2.75, 3.05) is 0 Å². The lowest BCUT2D eigenvalue weighted by molar-refractivity contribution is 0.0519. The number of benzene rings is 1. The number of aliphatic hydroxyl groups is 1. The lowest BCUT2D eigenvalue weighted by Gasteiger charge is -2.42. The highest BCUT2D eigenvalue weighted by Crippen LogP contribution is 2.45. The molecule has 1 nitrogen and oxygen atoms in total. The highest BCUT2D eigenvalue weighted by molar-refractivity contribution is 7.99. The van der Waals surface area contributed by atoms with Crippen LogP contribution in [0.5, 0.6) is 0 Å². The van der Waals surface area contributed by atoms with Crippen molar-refractivity contribution in [2.24, 2.45) is 11.8 Å². The van der Waals surface area contributed by atoms with E-state index in [1.165, 1.54) is 31.2 Å². The van der Waals surface area contributed by atoms with Crippen molar-refractivity contribution < 1.29 is 5.11 Å². The van der Waals surface area contributed by atoms with Crippen LogP contribution in [0.4, 0.5) is 0 Å². The standard InChI is InChI=1S/C17H24OS/c18-15-9-10-16-14(11-15)7-4-8-17(16)19-12-13-5-2-1-3-6-13/h1-3,5-6,14-18H,4,7-12H2. The monoisotopic (exact) mass is 276 g/mol. The fourth-order valence-electron chi connectivity index (χ4n) is 3.86. The van der Waals surface area contributed by atoms with Crippen LogP contribution < -0.4 is 0 Å². The number of fused-ring (bicyclic) bond motifs is 1. The van der Waals surface area contributed by atoms with Gasteiger partial charge in [0.1, 0.15) is 0 Å². The van der Waals surface area contributed by atoms with Gasteiger partial charge in [-0.05, 0) is 43.1 Å². The zero-order chi connectivity index (χ0) is 13.1. The third kappa shape index (κ3) is 3.35. The van der Waals surface area contributed by atoms with E-state index in [2.05, 4.69) is 42.1 Å². The van der Waals surface area contributed by atoms with Crippen molar-refractivity contribution in [3.8, 4) is 0 Å². The highest BCUT2D eigenvalue weighted by atomic mass is 32.2. The van der Waals surface area contributed by atoms with E-state index in [1.807, 2.05) is 0 Å². The van der Waals surface area contributed by atoms with E-state index < -0.39 is 0 Å². The first kappa shape index (κ1) is 13.5. The van der Waals surface area contributed by atoms with Crippen LogP contribution >= 0.6 is 11.8 Å². The summed E-state index contributed by atoms with van der Waals surface area (Å²) >= 11 is 2.16. The molecular weight excluding hydrogens is 252 g/mol. The van der Waals surface area contributed by atoms with Crippen LogP contribution in [-0.4, -0.2) is 16.5 Å². The molecule has 0 radical (unpaired) electrons. The third-order valence-electron chi connectivity index (χ3n) is 4.86. The molecule has 3 rings (SSSR count). The summed E-state index contributed by atoms with van der Waals surface area (Å²) in [6, 6.07) is 10.8. The van der Waals surface area contributed by atoms with E-state index in [9.17, 15) is 5.11 Å². The summed E-state index contributed by atoms with van der Waals surface area (Å²) in [6.07, 6.45) is 7.42. The minimum atomic E-state index is -0.0147. The average Bonchev–Trinajstić information content (AvgIpc) is 2.45. The minimum Gasteiger partial charge on any atom is -0.393 e. The van der Waals surface area contributed by atoms with Crippen LogP contribution in [0, 0.1) is 11.8 Å². The van der Waals surface area contributed by atoms with Gasteiger partial charge in [-0.15, -0.1) is 0 Å². The summed E-state index contributed by atoms with van der Waals surface area (Å²) < 4.78 is 0. The van der Waals surface area contributed by atoms with Crippen LogP contribution in [-0.2, 0) is 5.75 Å². The molecule has 1 aromatic carbocycles. The first-order valence-electron chi connectivity index (χ1n) is 7.66. The molecule has 1 aromatic rings. The first-order chi connectivity index (χ1) is 9.33. The molecule has 2 aliphatic rings. The Hall–Kier alpha value is -0.470. The Morgan fingerprint density at radius 1 is 1.05 bits per heavy atom. The molecule has 0 aliphatic heterocycles. The van der Waals surface area contributed by atoms with E-state index in [1.54, 1.807) is 0 Å². The van der Waals surface area contributed by atoms with Crippen LogP contribution in [0.2, 0.25) is 0 Å². The van der Waals surface area contributed by atoms with Crippen molar-refractivity contribution in [3.63, 3.8) is 0 Å². The van der Waals surface area contributed by atoms with Crippen molar-refractivity contribution >= 4 is 11.8 Å². The Balaban J connectivity index is 1.58. The zero-order valence-electron chi connectivity index (χ0n) is 11.5. The zero-order valence-corrected chi connectivity index (χ0v) is 12.3. The summed E-state index contributed by atoms with van der Waals surface area (Å²) in [5.41, 5.74) is 1.45. The summed E-state index contributed by atoms with van der Waals surface area (Å²) in [5, 5.41) is 10.7. The van der Waals surface area contributed by atoms with Crippen molar-refractivity contribution in [3.05, 3.63) is 35.9 Å². The van der Waals surface area contributed by atoms with Crippen LogP contribution in [0.15, 0.2) is 30.3 Å². The van der Waals surface area contributed by atoms with Gasteiger partial charge < -0.3 is 5.11 Å². The van der Waals surface area contributed by atoms with Crippen LogP contribution in [0.3, 0.4) is 0 Å². The van der Waals surface area contributed by atoms with Gasteiger partial charge in [0.15, 0.2) is 0 Å². The van der Waals surface area contributed by atoms with Gasteiger partial charge >= 0.3 is 0 Å². The molecule has 0 aromatic heterocycles. The van der Waals surface area contributed by atoms with E-state index in [0.29, 0.717) is 0 Å². The number of aliphatic hydroxyl groups excluding tert-OH is 1. The summed E-state index contributed by atoms with van der Waals surface area (Å²) in [4.78, 5) is 0. The largest absolute Gasteiger partial charge is 0.393 e. The van der Waals surface area contributed by atoms with Gasteiger partial charge in [0.05, 0.1) is 6.10 Å². The van der Waals surface area contributed by atoms with Crippen LogP contribution in [0.1, 0.15) is 44.1 Å². The smallest absolute Gasteiger partial charge is 0.0543 e. The van der Waals surface area contributed by atoms with Crippen molar-refractivity contribution in [2.45, 2.75) is 55.6 Å². The van der Waals surface area contributed by atoms with Gasteiger partial charge in [-0.25, -0.2) is 0 Å². The van der Waals surface area contributed by atoms with Crippen molar-refractivity contribution in [1.29, 1.82) is 0 Å². The molecule has 0 spiro atoms. The summed E-state index contributed by atoms with van der Waals surface area (Å²) in [6.45, 7) is 0. The maximum atomic E-state index is 9.84. The fourth-order valence-corrected chi connectivity index (χ4v) is 5.40. The normalized spacial score (nSPS) is 34.8. The molecule has 104 valence electrons. The molecule has 2 aliphatic carbocycles. The van der Waals surface area contributed by atoms with Gasteiger partial charge in [0.25, 0.3) is 0 Å². The van der Waals surface area contributed by atoms with E-state index in [0.717, 1.165) is 35.7 Å². The lowest BCUT2D eigenvalue weighted by atomic mass is 9.70. The van der Waals surface area contributed by atoms with Gasteiger partial charge in [-0.3, -0.25) is 0 Å². The molecule has 0 amide bonds. The predicted molar refractivity (Wildman–Crippen MR) is 82.2 cm³/mol. The molecule has 0 heterocycles. The second-order valence-electron chi connectivity index (χ2n) is 6.16. The Morgan fingerprint density at radius 3 is 2.74 bits per heavy atom. The van der Waals surface area contributed by atoms with Gasteiger partial charge in [-0.1, -0.05) is 43.2 Å². The second-order valence-corrected chi connectivity index (χ2v) is 7.38. The number of rotatable bonds is 3. The first-order valence-corrected chi connectivity index (χ1v) is 8.71. The quantitative estimate of drug-likeness (QED) is 0.890. The molecule has 2 saturated carbocycles. The highest BCUT2D eigenvalue weighted by Gasteiger charge is 2.37. The van der Waals surface area contributed by atoms with Gasteiger partial charge in [-0.2, -0.15) is 11.8 Å². The molecule has 2 fully saturated rings. The molecule has 4 atom stereocenters. The third-order valence-corrected chi connectivity index (χ3v) is 6.37. The SMILES string of the molecule is OC1CCC2C(CCCC2SCc2ccccc2)C1. The molecule has 2 heteroatoms. The van der Waals surface area contributed by atoms with Crippen molar-refractivity contribution in [1.82, 2.24) is 0 Å². The number of thioether (sulfide) groups is 1. The maximum Gasteiger partial charge on any atom is 0.0543 e. The Kier molecular flexibility index (Phi) is 4.49. The lowest BCUT2D eigenvalue weighted by Crippen LogP contribution is -2.37. The Morgan fingerprint density at radius 2 is 1.89 bits per heavy atom. The van der Waals surface area contributed by atoms with Gasteiger partial charge in [0, 0.05) is 11.0 Å².